The zero-order valence-corrected chi connectivity index (χ0v) is 11.4. The van der Waals surface area contributed by atoms with Gasteiger partial charge >= 0.3 is 0 Å². The average molecular weight is 289 g/mol. The predicted octanol–water partition coefficient (Wildman–Crippen LogP) is -0.170. The molecule has 1 fully saturated rings. The number of ether oxygens (including phenoxy) is 1. The Morgan fingerprint density at radius 1 is 1.63 bits per heavy atom. The fourth-order valence-electron chi connectivity index (χ4n) is 1.95. The van der Waals surface area contributed by atoms with Crippen LogP contribution in [0.4, 0.5) is 4.39 Å². The van der Waals surface area contributed by atoms with Crippen molar-refractivity contribution in [3.05, 3.63) is 24.1 Å². The van der Waals surface area contributed by atoms with Crippen molar-refractivity contribution in [3.8, 4) is 0 Å². The molecule has 1 N–H and O–H groups in total. The summed E-state index contributed by atoms with van der Waals surface area (Å²) in [5, 5.41) is 2.40. The van der Waals surface area contributed by atoms with Crippen LogP contribution in [0.2, 0.25) is 0 Å². The number of hydrogen-bond donors (Lipinski definition) is 1. The summed E-state index contributed by atoms with van der Waals surface area (Å²) in [6.45, 7) is 1.23. The Hall–Kier alpha value is -1.09. The number of sulfonamides is 1. The second-order valence-corrected chi connectivity index (χ2v) is 6.06. The lowest BCUT2D eigenvalue weighted by molar-refractivity contribution is 0.000692. The number of hydrogen-bond acceptors (Lipinski definition) is 5. The molecule has 1 atom stereocenters. The summed E-state index contributed by atoms with van der Waals surface area (Å²) in [5.41, 5.74) is 0. The summed E-state index contributed by atoms with van der Waals surface area (Å²) in [6, 6.07) is 2.45. The van der Waals surface area contributed by atoms with Crippen LogP contribution in [0.1, 0.15) is 0 Å². The number of rotatable bonds is 4. The third-order valence-corrected chi connectivity index (χ3v) is 4.64. The molecule has 2 heterocycles. The molecule has 6 nitrogen and oxygen atoms in total. The Morgan fingerprint density at radius 2 is 2.42 bits per heavy atom. The first-order valence-corrected chi connectivity index (χ1v) is 7.36. The summed E-state index contributed by atoms with van der Waals surface area (Å²) in [7, 11) is -2.15. The minimum Gasteiger partial charge on any atom is -0.374 e. The number of aromatic nitrogens is 1. The average Bonchev–Trinajstić information content (AvgIpc) is 2.40. The standard InChI is InChI=1S/C11H16FN3O3S/c1-13-7-9-8-15(5-6-18-9)19(16,17)11-10(12)3-2-4-14-11/h2-4,9,13H,5-8H2,1H3. The van der Waals surface area contributed by atoms with Gasteiger partial charge < -0.3 is 10.1 Å². The normalized spacial score (nSPS) is 21.5. The van der Waals surface area contributed by atoms with Crippen molar-refractivity contribution < 1.29 is 17.5 Å². The lowest BCUT2D eigenvalue weighted by Gasteiger charge is -2.31. The van der Waals surface area contributed by atoms with E-state index in [4.69, 9.17) is 4.74 Å². The molecule has 0 bridgehead atoms. The van der Waals surface area contributed by atoms with E-state index >= 15 is 0 Å². The number of halogens is 1. The molecule has 1 aliphatic heterocycles. The molecule has 1 saturated heterocycles. The second-order valence-electron chi connectivity index (χ2n) is 4.20. The largest absolute Gasteiger partial charge is 0.374 e. The van der Waals surface area contributed by atoms with Gasteiger partial charge in [-0.1, -0.05) is 0 Å². The first-order chi connectivity index (χ1) is 9.05. The maximum atomic E-state index is 13.6. The highest BCUT2D eigenvalue weighted by Crippen LogP contribution is 2.19. The van der Waals surface area contributed by atoms with Crippen LogP contribution in [-0.2, 0) is 14.8 Å². The van der Waals surface area contributed by atoms with Gasteiger partial charge in [0.25, 0.3) is 10.0 Å². The number of likely N-dealkylation sites (N-methyl/N-ethyl adjacent to an activating group) is 1. The molecule has 0 radical (unpaired) electrons. The van der Waals surface area contributed by atoms with E-state index in [9.17, 15) is 12.8 Å². The molecule has 2 rings (SSSR count). The molecular weight excluding hydrogens is 273 g/mol. The first-order valence-electron chi connectivity index (χ1n) is 5.92. The topological polar surface area (TPSA) is 71.5 Å². The molecule has 0 spiro atoms. The van der Waals surface area contributed by atoms with E-state index in [1.165, 1.54) is 16.6 Å². The molecule has 1 aromatic heterocycles. The van der Waals surface area contributed by atoms with Crippen LogP contribution in [0.25, 0.3) is 0 Å². The molecule has 0 aromatic carbocycles. The highest BCUT2D eigenvalue weighted by molar-refractivity contribution is 7.89. The van der Waals surface area contributed by atoms with Crippen molar-refractivity contribution >= 4 is 10.0 Å². The van der Waals surface area contributed by atoms with Crippen LogP contribution < -0.4 is 5.32 Å². The Labute approximate surface area is 111 Å². The van der Waals surface area contributed by atoms with Crippen LogP contribution in [0.15, 0.2) is 23.4 Å². The lowest BCUT2D eigenvalue weighted by Crippen LogP contribution is -2.48. The van der Waals surface area contributed by atoms with E-state index in [2.05, 4.69) is 10.3 Å². The van der Waals surface area contributed by atoms with Gasteiger partial charge in [0.2, 0.25) is 5.03 Å². The zero-order chi connectivity index (χ0) is 13.9. The molecule has 8 heteroatoms. The maximum absolute atomic E-state index is 13.6. The van der Waals surface area contributed by atoms with Crippen molar-refractivity contribution in [1.29, 1.82) is 0 Å². The van der Waals surface area contributed by atoms with Gasteiger partial charge in [-0.25, -0.2) is 17.8 Å². The summed E-state index contributed by atoms with van der Waals surface area (Å²) in [4.78, 5) is 3.64. The van der Waals surface area contributed by atoms with Crippen molar-refractivity contribution in [2.24, 2.45) is 0 Å². The minimum absolute atomic E-state index is 0.194. The molecule has 0 aliphatic carbocycles. The van der Waals surface area contributed by atoms with Gasteiger partial charge in [-0.3, -0.25) is 0 Å². The zero-order valence-electron chi connectivity index (χ0n) is 10.5. The van der Waals surface area contributed by atoms with Gasteiger partial charge in [0.05, 0.1) is 12.7 Å². The van der Waals surface area contributed by atoms with E-state index in [0.717, 1.165) is 6.07 Å². The molecule has 0 saturated carbocycles. The second kappa shape index (κ2) is 5.91. The van der Waals surface area contributed by atoms with Crippen LogP contribution in [0.3, 0.4) is 0 Å². The smallest absolute Gasteiger partial charge is 0.263 e. The summed E-state index contributed by atoms with van der Waals surface area (Å²) < 4.78 is 44.8. The van der Waals surface area contributed by atoms with E-state index < -0.39 is 20.9 Å². The van der Waals surface area contributed by atoms with Gasteiger partial charge in [-0.15, -0.1) is 0 Å². The molecule has 1 unspecified atom stereocenters. The van der Waals surface area contributed by atoms with Gasteiger partial charge in [0.15, 0.2) is 5.82 Å². The quantitative estimate of drug-likeness (QED) is 0.833. The third-order valence-electron chi connectivity index (χ3n) is 2.84. The fourth-order valence-corrected chi connectivity index (χ4v) is 3.38. The lowest BCUT2D eigenvalue weighted by atomic mass is 10.3. The van der Waals surface area contributed by atoms with Crippen molar-refractivity contribution in [1.82, 2.24) is 14.6 Å². The fraction of sp³-hybridized carbons (Fsp3) is 0.545. The number of nitrogens with zero attached hydrogens (tertiary/aromatic N) is 2. The molecule has 19 heavy (non-hydrogen) atoms. The molecule has 106 valence electrons. The van der Waals surface area contributed by atoms with Gasteiger partial charge in [-0.05, 0) is 19.2 Å². The highest BCUT2D eigenvalue weighted by Gasteiger charge is 2.33. The summed E-state index contributed by atoms with van der Waals surface area (Å²) >= 11 is 0. The predicted molar refractivity (Wildman–Crippen MR) is 66.6 cm³/mol. The van der Waals surface area contributed by atoms with E-state index in [-0.39, 0.29) is 19.2 Å². The summed E-state index contributed by atoms with van der Waals surface area (Å²) in [6.07, 6.45) is 1.03. The van der Waals surface area contributed by atoms with Crippen molar-refractivity contribution in [2.45, 2.75) is 11.1 Å². The van der Waals surface area contributed by atoms with Gasteiger partial charge in [0.1, 0.15) is 0 Å². The van der Waals surface area contributed by atoms with E-state index in [0.29, 0.717) is 13.2 Å². The van der Waals surface area contributed by atoms with E-state index in [1.807, 2.05) is 0 Å². The first kappa shape index (κ1) is 14.3. The van der Waals surface area contributed by atoms with Crippen LogP contribution in [0.5, 0.6) is 0 Å². The molecule has 0 amide bonds. The molecule has 1 aromatic rings. The van der Waals surface area contributed by atoms with Crippen LogP contribution in [-0.4, -0.2) is 57.1 Å². The number of nitrogens with one attached hydrogen (secondary N) is 1. The van der Waals surface area contributed by atoms with Gasteiger partial charge in [-0.2, -0.15) is 4.31 Å². The molecular formula is C11H16FN3O3S. The van der Waals surface area contributed by atoms with Crippen molar-refractivity contribution in [2.75, 3.05) is 33.3 Å². The number of morpholine rings is 1. The Kier molecular flexibility index (Phi) is 4.46. The third kappa shape index (κ3) is 3.08. The minimum atomic E-state index is -3.90. The van der Waals surface area contributed by atoms with Gasteiger partial charge in [0, 0.05) is 25.8 Å². The molecule has 1 aliphatic rings. The highest BCUT2D eigenvalue weighted by atomic mass is 32.2. The maximum Gasteiger partial charge on any atom is 0.263 e. The van der Waals surface area contributed by atoms with Crippen LogP contribution >= 0.6 is 0 Å². The SMILES string of the molecule is CNCC1CN(S(=O)(=O)c2ncccc2F)CCO1. The Bertz CT molecular complexity index is 536. The summed E-state index contributed by atoms with van der Waals surface area (Å²) in [5.74, 6) is -0.834. The van der Waals surface area contributed by atoms with E-state index in [1.54, 1.807) is 7.05 Å². The van der Waals surface area contributed by atoms with Crippen LogP contribution in [0, 0.1) is 5.82 Å². The Morgan fingerprint density at radius 3 is 3.11 bits per heavy atom. The Balaban J connectivity index is 2.22. The van der Waals surface area contributed by atoms with Crippen molar-refractivity contribution in [3.63, 3.8) is 0 Å². The number of pyridine rings is 1. The monoisotopic (exact) mass is 289 g/mol.